The van der Waals surface area contributed by atoms with E-state index in [1.165, 1.54) is 6.92 Å². The highest BCUT2D eigenvalue weighted by Gasteiger charge is 2.32. The predicted octanol–water partition coefficient (Wildman–Crippen LogP) is 5.32. The van der Waals surface area contributed by atoms with Crippen molar-refractivity contribution in [3.63, 3.8) is 0 Å². The fourth-order valence-electron chi connectivity index (χ4n) is 5.62. The van der Waals surface area contributed by atoms with Crippen LogP contribution in [0.5, 0.6) is 0 Å². The number of esters is 1. The van der Waals surface area contributed by atoms with Crippen molar-refractivity contribution in [2.24, 2.45) is 23.7 Å². The van der Waals surface area contributed by atoms with Crippen molar-refractivity contribution < 1.29 is 29.0 Å². The summed E-state index contributed by atoms with van der Waals surface area (Å²) in [6, 6.07) is 12.4. The molecule has 0 radical (unpaired) electrons. The Labute approximate surface area is 275 Å². The number of aliphatic hydroxyl groups is 1. The molecule has 0 heterocycles. The van der Waals surface area contributed by atoms with Gasteiger partial charge in [-0.1, -0.05) is 96.8 Å². The molecule has 0 aliphatic carbocycles. The molecule has 1 unspecified atom stereocenters. The van der Waals surface area contributed by atoms with Gasteiger partial charge < -0.3 is 25.8 Å². The summed E-state index contributed by atoms with van der Waals surface area (Å²) < 4.78 is 5.30. The van der Waals surface area contributed by atoms with Gasteiger partial charge in [-0.2, -0.15) is 0 Å². The largest absolute Gasteiger partial charge is 0.465 e. The summed E-state index contributed by atoms with van der Waals surface area (Å²) in [5, 5.41) is 22.3. The Morgan fingerprint density at radius 2 is 1.52 bits per heavy atom. The number of nitrogens with one attached hydrogen (secondary N) is 3. The number of unbranched alkanes of at least 4 members (excludes halogenated alkanes) is 1. The maximum Gasteiger partial charge on any atom is 0.302 e. The molecule has 0 aromatic heterocycles. The Kier molecular flexibility index (Phi) is 16.8. The first-order chi connectivity index (χ1) is 21.9. The van der Waals surface area contributed by atoms with Gasteiger partial charge in [-0.25, -0.2) is 0 Å². The zero-order valence-electron chi connectivity index (χ0n) is 28.9. The second-order valence-electron chi connectivity index (χ2n) is 13.3. The van der Waals surface area contributed by atoms with E-state index in [0.29, 0.717) is 44.6 Å². The van der Waals surface area contributed by atoms with Gasteiger partial charge in [0.25, 0.3) is 0 Å². The molecule has 46 heavy (non-hydrogen) atoms. The second-order valence-corrected chi connectivity index (χ2v) is 13.3. The number of carbonyl (C=O) groups excluding carboxylic acids is 4. The number of amides is 3. The van der Waals surface area contributed by atoms with Crippen LogP contribution in [0.2, 0.25) is 0 Å². The topological polar surface area (TPSA) is 134 Å². The minimum atomic E-state index is -0.938. The van der Waals surface area contributed by atoms with E-state index in [1.54, 1.807) is 0 Å². The lowest BCUT2D eigenvalue weighted by Gasteiger charge is -2.30. The van der Waals surface area contributed by atoms with Crippen LogP contribution in [0.15, 0.2) is 42.5 Å². The summed E-state index contributed by atoms with van der Waals surface area (Å²) in [6.45, 7) is 13.8. The molecule has 2 rings (SSSR count). The lowest BCUT2D eigenvalue weighted by Crippen LogP contribution is -2.54. The third-order valence-electron chi connectivity index (χ3n) is 8.28. The molecule has 2 aromatic rings. The van der Waals surface area contributed by atoms with Crippen molar-refractivity contribution in [1.82, 2.24) is 16.0 Å². The van der Waals surface area contributed by atoms with Crippen LogP contribution in [0.3, 0.4) is 0 Å². The third-order valence-corrected chi connectivity index (χ3v) is 8.28. The molecule has 256 valence electrons. The highest BCUT2D eigenvalue weighted by atomic mass is 16.5. The number of hydrogen-bond donors (Lipinski definition) is 4. The molecular weight excluding hydrogens is 582 g/mol. The van der Waals surface area contributed by atoms with E-state index in [0.717, 1.165) is 22.8 Å². The van der Waals surface area contributed by atoms with Gasteiger partial charge >= 0.3 is 5.97 Å². The molecule has 9 nitrogen and oxygen atoms in total. The molecule has 5 atom stereocenters. The van der Waals surface area contributed by atoms with Gasteiger partial charge in [-0.15, -0.1) is 0 Å². The van der Waals surface area contributed by atoms with Gasteiger partial charge in [-0.3, -0.25) is 19.2 Å². The van der Waals surface area contributed by atoms with Crippen molar-refractivity contribution in [3.05, 3.63) is 48.0 Å². The normalized spacial score (nSPS) is 14.7. The number of fused-ring (bicyclic) bond motifs is 1. The first kappa shape index (κ1) is 38.7. The highest BCUT2D eigenvalue weighted by Crippen LogP contribution is 2.23. The molecule has 2 aromatic carbocycles. The van der Waals surface area contributed by atoms with E-state index in [2.05, 4.69) is 16.0 Å². The van der Waals surface area contributed by atoms with Crippen LogP contribution < -0.4 is 16.0 Å². The molecule has 0 bridgehead atoms. The SMILES string of the molecule is CCCC[C@H](NC(=O)[C@@H](COC(C)=O)Cc1cccc2ccccc12)C(=O)N[C@@H](CC(C)C)[C@@H](O)CC(CC)C(=O)NCC(C)C. The Balaban J connectivity index is 2.24. The maximum atomic E-state index is 13.8. The standard InChI is InChI=1S/C37H57N3O6/c1-8-10-18-32(37(45)40-33(19-24(3)4)34(42)21-27(9-2)35(43)38-22-25(5)6)39-36(44)30(23-46-26(7)41)20-29-16-13-15-28-14-11-12-17-31(28)29/h11-17,24-25,27,30,32-34,42H,8-10,18-23H2,1-7H3,(H,38,43)(H,39,44)(H,40,45)/t27?,30-,32+,33+,34+/m1/s1. The lowest BCUT2D eigenvalue weighted by atomic mass is 9.90. The van der Waals surface area contributed by atoms with E-state index < -0.39 is 30.1 Å². The monoisotopic (exact) mass is 639 g/mol. The van der Waals surface area contributed by atoms with Crippen molar-refractivity contribution in [1.29, 1.82) is 0 Å². The van der Waals surface area contributed by atoms with E-state index >= 15 is 0 Å². The fraction of sp³-hybridized carbons (Fsp3) is 0.622. The van der Waals surface area contributed by atoms with E-state index in [4.69, 9.17) is 4.74 Å². The summed E-state index contributed by atoms with van der Waals surface area (Å²) in [4.78, 5) is 52.1. The molecule has 0 aliphatic heterocycles. The second kappa shape index (κ2) is 19.9. The fourth-order valence-corrected chi connectivity index (χ4v) is 5.62. The zero-order valence-corrected chi connectivity index (χ0v) is 28.9. The summed E-state index contributed by atoms with van der Waals surface area (Å²) in [5.41, 5.74) is 0.947. The molecule has 4 N–H and O–H groups in total. The minimum Gasteiger partial charge on any atom is -0.465 e. The van der Waals surface area contributed by atoms with Crippen LogP contribution in [-0.2, 0) is 30.3 Å². The predicted molar refractivity (Wildman–Crippen MR) is 183 cm³/mol. The Bertz CT molecular complexity index is 1260. The van der Waals surface area contributed by atoms with Crippen molar-refractivity contribution in [2.45, 2.75) is 112 Å². The number of rotatable bonds is 20. The zero-order chi connectivity index (χ0) is 34.2. The van der Waals surface area contributed by atoms with Gasteiger partial charge in [0, 0.05) is 19.4 Å². The van der Waals surface area contributed by atoms with Gasteiger partial charge in [0.2, 0.25) is 17.7 Å². The quantitative estimate of drug-likeness (QED) is 0.145. The van der Waals surface area contributed by atoms with Crippen molar-refractivity contribution in [2.75, 3.05) is 13.2 Å². The lowest BCUT2D eigenvalue weighted by molar-refractivity contribution is -0.144. The Morgan fingerprint density at radius 1 is 0.826 bits per heavy atom. The number of benzene rings is 2. The van der Waals surface area contributed by atoms with Crippen molar-refractivity contribution >= 4 is 34.5 Å². The third kappa shape index (κ3) is 13.1. The van der Waals surface area contributed by atoms with Gasteiger partial charge in [0.1, 0.15) is 12.6 Å². The Hall–Kier alpha value is -3.46. The van der Waals surface area contributed by atoms with Crippen LogP contribution >= 0.6 is 0 Å². The minimum absolute atomic E-state index is 0.0945. The van der Waals surface area contributed by atoms with E-state index in [-0.39, 0.29) is 42.6 Å². The average molecular weight is 640 g/mol. The molecule has 0 saturated carbocycles. The number of ether oxygens (including phenoxy) is 1. The molecular formula is C37H57N3O6. The Morgan fingerprint density at radius 3 is 2.15 bits per heavy atom. The van der Waals surface area contributed by atoms with Gasteiger partial charge in [0.05, 0.1) is 18.1 Å². The molecule has 0 aliphatic rings. The molecule has 0 saturated heterocycles. The summed E-state index contributed by atoms with van der Waals surface area (Å²) in [6.07, 6.45) is 2.65. The number of aliphatic hydroxyl groups excluding tert-OH is 1. The molecule has 3 amide bonds. The average Bonchev–Trinajstić information content (AvgIpc) is 3.01. The van der Waals surface area contributed by atoms with Crippen LogP contribution in [-0.4, -0.2) is 60.1 Å². The molecule has 9 heteroatoms. The van der Waals surface area contributed by atoms with Gasteiger partial charge in [0.15, 0.2) is 0 Å². The van der Waals surface area contributed by atoms with Crippen LogP contribution in [0.1, 0.15) is 92.6 Å². The van der Waals surface area contributed by atoms with E-state index in [1.807, 2.05) is 84.0 Å². The first-order valence-corrected chi connectivity index (χ1v) is 17.0. The smallest absolute Gasteiger partial charge is 0.302 e. The van der Waals surface area contributed by atoms with Crippen LogP contribution in [0.4, 0.5) is 0 Å². The maximum absolute atomic E-state index is 13.8. The van der Waals surface area contributed by atoms with E-state index in [9.17, 15) is 24.3 Å². The number of carbonyl (C=O) groups is 4. The first-order valence-electron chi connectivity index (χ1n) is 17.0. The summed E-state index contributed by atoms with van der Waals surface area (Å²) in [5.74, 6) is -1.93. The van der Waals surface area contributed by atoms with Gasteiger partial charge in [-0.05, 0) is 60.3 Å². The molecule has 0 fully saturated rings. The van der Waals surface area contributed by atoms with Crippen LogP contribution in [0, 0.1) is 23.7 Å². The summed E-state index contributed by atoms with van der Waals surface area (Å²) >= 11 is 0. The van der Waals surface area contributed by atoms with Crippen LogP contribution in [0.25, 0.3) is 10.8 Å². The molecule has 0 spiro atoms. The highest BCUT2D eigenvalue weighted by molar-refractivity contribution is 5.90. The summed E-state index contributed by atoms with van der Waals surface area (Å²) in [7, 11) is 0. The van der Waals surface area contributed by atoms with Crippen molar-refractivity contribution in [3.8, 4) is 0 Å². The number of hydrogen-bond acceptors (Lipinski definition) is 6.